The number of Topliss-reactive ketones (excluding diaryl/α,β-unsaturated/α-hetero) is 1. The van der Waals surface area contributed by atoms with Gasteiger partial charge in [0, 0.05) is 17.5 Å². The molecule has 1 N–H and O–H groups in total. The maximum Gasteiger partial charge on any atom is 0.407 e. The summed E-state index contributed by atoms with van der Waals surface area (Å²) in [6, 6.07) is 14.4. The fraction of sp³-hybridized carbons (Fsp3) is 0.467. The van der Waals surface area contributed by atoms with Gasteiger partial charge in [0.25, 0.3) is 0 Å². The molecular weight excluding hydrogens is 450 g/mol. The van der Waals surface area contributed by atoms with E-state index in [1.807, 2.05) is 45.2 Å². The number of ether oxygens (including phenoxy) is 1. The van der Waals surface area contributed by atoms with Crippen LogP contribution in [0.4, 0.5) is 4.79 Å². The predicted molar refractivity (Wildman–Crippen MR) is 140 cm³/mol. The molecule has 6 nitrogen and oxygen atoms in total. The van der Waals surface area contributed by atoms with E-state index in [1.165, 1.54) is 10.9 Å². The maximum absolute atomic E-state index is 13.7. The van der Waals surface area contributed by atoms with E-state index in [0.717, 1.165) is 49.6 Å². The van der Waals surface area contributed by atoms with Crippen molar-refractivity contribution in [1.82, 2.24) is 15.3 Å². The van der Waals surface area contributed by atoms with Crippen LogP contribution in [0.2, 0.25) is 0 Å². The highest BCUT2D eigenvalue weighted by Gasteiger charge is 2.34. The fourth-order valence-corrected chi connectivity index (χ4v) is 5.34. The van der Waals surface area contributed by atoms with Crippen molar-refractivity contribution in [3.8, 4) is 0 Å². The molecule has 3 aromatic rings. The zero-order valence-corrected chi connectivity index (χ0v) is 21.4. The quantitative estimate of drug-likeness (QED) is 0.394. The molecule has 36 heavy (non-hydrogen) atoms. The number of nitrogens with one attached hydrogen (secondary N) is 1. The lowest BCUT2D eigenvalue weighted by Crippen LogP contribution is -2.32. The van der Waals surface area contributed by atoms with Crippen LogP contribution < -0.4 is 5.32 Å². The predicted octanol–water partition coefficient (Wildman–Crippen LogP) is 6.69. The highest BCUT2D eigenvalue weighted by Crippen LogP contribution is 2.43. The molecule has 2 saturated carbocycles. The van der Waals surface area contributed by atoms with Gasteiger partial charge in [0.15, 0.2) is 5.78 Å². The van der Waals surface area contributed by atoms with Gasteiger partial charge in [0.1, 0.15) is 11.3 Å². The van der Waals surface area contributed by atoms with Gasteiger partial charge < -0.3 is 10.1 Å². The lowest BCUT2D eigenvalue weighted by Gasteiger charge is -2.29. The summed E-state index contributed by atoms with van der Waals surface area (Å²) in [5.74, 6) is 1.04. The number of nitrogens with zero attached hydrogens (tertiary/aromatic N) is 2. The average molecular weight is 486 g/mol. The monoisotopic (exact) mass is 485 g/mol. The van der Waals surface area contributed by atoms with Gasteiger partial charge in [0.2, 0.25) is 0 Å². The third kappa shape index (κ3) is 5.58. The van der Waals surface area contributed by atoms with Crippen LogP contribution in [0.3, 0.4) is 0 Å². The molecule has 188 valence electrons. The number of benzene rings is 1. The van der Waals surface area contributed by atoms with Gasteiger partial charge in [-0.25, -0.2) is 9.78 Å². The molecule has 0 atom stereocenters. The summed E-state index contributed by atoms with van der Waals surface area (Å²) in [7, 11) is 0. The molecular formula is C30H35N3O3. The van der Waals surface area contributed by atoms with E-state index >= 15 is 0 Å². The van der Waals surface area contributed by atoms with Crippen LogP contribution in [-0.2, 0) is 11.3 Å². The number of hydrogen-bond acceptors (Lipinski definition) is 5. The number of amides is 1. The summed E-state index contributed by atoms with van der Waals surface area (Å²) < 4.78 is 5.33. The Kier molecular flexibility index (Phi) is 6.78. The number of hydrogen-bond donors (Lipinski definition) is 1. The van der Waals surface area contributed by atoms with E-state index < -0.39 is 11.7 Å². The van der Waals surface area contributed by atoms with Crippen molar-refractivity contribution in [3.05, 3.63) is 71.2 Å². The Hall–Kier alpha value is -3.28. The zero-order chi connectivity index (χ0) is 25.3. The lowest BCUT2D eigenvalue weighted by atomic mass is 9.75. The van der Waals surface area contributed by atoms with Crippen LogP contribution in [0, 0.1) is 5.92 Å². The van der Waals surface area contributed by atoms with Crippen molar-refractivity contribution in [2.45, 2.75) is 83.3 Å². The number of aromatic nitrogens is 2. The molecule has 2 heterocycles. The number of rotatable bonds is 6. The number of para-hydroxylation sites is 1. The summed E-state index contributed by atoms with van der Waals surface area (Å²) >= 11 is 0. The molecule has 0 bridgehead atoms. The van der Waals surface area contributed by atoms with Crippen LogP contribution >= 0.6 is 0 Å². The van der Waals surface area contributed by atoms with E-state index in [1.54, 1.807) is 0 Å². The molecule has 5 rings (SSSR count). The Bertz CT molecular complexity index is 1260. The van der Waals surface area contributed by atoms with Crippen molar-refractivity contribution in [1.29, 1.82) is 0 Å². The fourth-order valence-electron chi connectivity index (χ4n) is 5.34. The SMILES string of the molecule is CC(C)(C)OC(=O)NCc1ccc(C2CC2)c(C(=O)C2CCC(c3ccnc4ccccc34)CC2)n1. The molecule has 0 saturated heterocycles. The normalized spacial score (nSPS) is 20.2. The van der Waals surface area contributed by atoms with Crippen molar-refractivity contribution in [2.24, 2.45) is 5.92 Å². The van der Waals surface area contributed by atoms with E-state index in [0.29, 0.717) is 23.2 Å². The highest BCUT2D eigenvalue weighted by molar-refractivity contribution is 5.98. The van der Waals surface area contributed by atoms with Gasteiger partial charge >= 0.3 is 6.09 Å². The summed E-state index contributed by atoms with van der Waals surface area (Å²) in [6.07, 6.45) is 7.35. The van der Waals surface area contributed by atoms with Crippen molar-refractivity contribution in [3.63, 3.8) is 0 Å². The Labute approximate surface area is 212 Å². The second kappa shape index (κ2) is 10.00. The third-order valence-corrected chi connectivity index (χ3v) is 7.27. The highest BCUT2D eigenvalue weighted by atomic mass is 16.6. The molecule has 2 aromatic heterocycles. The molecule has 0 spiro atoms. The van der Waals surface area contributed by atoms with Crippen molar-refractivity contribution < 1.29 is 14.3 Å². The lowest BCUT2D eigenvalue weighted by molar-refractivity contribution is 0.0523. The summed E-state index contributed by atoms with van der Waals surface area (Å²) in [5, 5.41) is 3.98. The van der Waals surface area contributed by atoms with Crippen molar-refractivity contribution in [2.75, 3.05) is 0 Å². The first kappa shape index (κ1) is 24.4. The molecule has 0 radical (unpaired) electrons. The molecule has 1 amide bonds. The van der Waals surface area contributed by atoms with Gasteiger partial charge in [-0.1, -0.05) is 24.3 Å². The number of fused-ring (bicyclic) bond motifs is 1. The van der Waals surface area contributed by atoms with E-state index in [-0.39, 0.29) is 18.2 Å². The number of pyridine rings is 2. The first-order valence-electron chi connectivity index (χ1n) is 13.1. The topological polar surface area (TPSA) is 81.2 Å². The number of alkyl carbamates (subject to hydrolysis) is 1. The van der Waals surface area contributed by atoms with Crippen LogP contribution in [0.1, 0.15) is 98.4 Å². The molecule has 2 fully saturated rings. The molecule has 0 unspecified atom stereocenters. The smallest absolute Gasteiger partial charge is 0.407 e. The Morgan fingerprint density at radius 2 is 1.61 bits per heavy atom. The summed E-state index contributed by atoms with van der Waals surface area (Å²) in [6.45, 7) is 5.73. The Morgan fingerprint density at radius 1 is 0.917 bits per heavy atom. The minimum Gasteiger partial charge on any atom is -0.444 e. The number of ketones is 1. The minimum atomic E-state index is -0.560. The third-order valence-electron chi connectivity index (χ3n) is 7.27. The van der Waals surface area contributed by atoms with Gasteiger partial charge in [-0.05, 0) is 100 Å². The van der Waals surface area contributed by atoms with Gasteiger partial charge in [-0.15, -0.1) is 0 Å². The standard InChI is InChI=1S/C30H35N3O3/c1-30(2,3)36-29(35)32-18-22-14-15-24(20-8-9-20)27(33-22)28(34)21-12-10-19(11-13-21)23-16-17-31-26-7-5-4-6-25(23)26/h4-7,14-17,19-21H,8-13,18H2,1-3H3,(H,32,35). The van der Waals surface area contributed by atoms with Crippen LogP contribution in [0.15, 0.2) is 48.7 Å². The maximum atomic E-state index is 13.7. The van der Waals surface area contributed by atoms with Crippen molar-refractivity contribution >= 4 is 22.8 Å². The van der Waals surface area contributed by atoms with Crippen LogP contribution in [0.25, 0.3) is 10.9 Å². The van der Waals surface area contributed by atoms with Crippen LogP contribution in [-0.4, -0.2) is 27.4 Å². The minimum absolute atomic E-state index is 0.00610. The molecule has 0 aliphatic heterocycles. The van der Waals surface area contributed by atoms with E-state index in [2.05, 4.69) is 34.6 Å². The average Bonchev–Trinajstić information content (AvgIpc) is 3.71. The van der Waals surface area contributed by atoms with Gasteiger partial charge in [-0.3, -0.25) is 9.78 Å². The second-order valence-corrected chi connectivity index (χ2v) is 11.2. The molecule has 6 heteroatoms. The molecule has 2 aliphatic carbocycles. The number of carbonyl (C=O) groups is 2. The first-order chi connectivity index (χ1) is 17.3. The molecule has 2 aliphatic rings. The molecule has 1 aromatic carbocycles. The first-order valence-corrected chi connectivity index (χ1v) is 13.1. The largest absolute Gasteiger partial charge is 0.444 e. The summed E-state index contributed by atoms with van der Waals surface area (Å²) in [4.78, 5) is 35.1. The Morgan fingerprint density at radius 3 is 2.33 bits per heavy atom. The Balaban J connectivity index is 1.28. The van der Waals surface area contributed by atoms with E-state index in [4.69, 9.17) is 9.72 Å². The zero-order valence-electron chi connectivity index (χ0n) is 21.4. The van der Waals surface area contributed by atoms with Crippen LogP contribution in [0.5, 0.6) is 0 Å². The number of carbonyl (C=O) groups excluding carboxylic acids is 2. The van der Waals surface area contributed by atoms with Gasteiger partial charge in [0.05, 0.1) is 17.8 Å². The summed E-state index contributed by atoms with van der Waals surface area (Å²) in [5.41, 5.74) is 4.19. The van der Waals surface area contributed by atoms with E-state index in [9.17, 15) is 9.59 Å². The second-order valence-electron chi connectivity index (χ2n) is 11.2. The van der Waals surface area contributed by atoms with Gasteiger partial charge in [-0.2, -0.15) is 0 Å².